The molecule has 1 fully saturated rings. The van der Waals surface area contributed by atoms with Crippen molar-refractivity contribution in [2.45, 2.75) is 64.6 Å². The van der Waals surface area contributed by atoms with Crippen LogP contribution in [0.3, 0.4) is 0 Å². The Bertz CT molecular complexity index is 147. The number of hydrogen-bond acceptors (Lipinski definition) is 2. The summed E-state index contributed by atoms with van der Waals surface area (Å²) in [5.41, 5.74) is 0. The molecule has 0 aromatic rings. The first-order valence-corrected chi connectivity index (χ1v) is 5.59. The van der Waals surface area contributed by atoms with Gasteiger partial charge in [-0.15, -0.1) is 0 Å². The Morgan fingerprint density at radius 1 is 1.46 bits per heavy atom. The molecule has 1 aliphatic rings. The SMILES string of the molecule is CCC(C)N1CCCC1CC(C)O. The summed E-state index contributed by atoms with van der Waals surface area (Å²) in [6.07, 6.45) is 4.60. The van der Waals surface area contributed by atoms with E-state index in [0.29, 0.717) is 12.1 Å². The fourth-order valence-electron chi connectivity index (χ4n) is 2.32. The zero-order valence-electron chi connectivity index (χ0n) is 9.16. The van der Waals surface area contributed by atoms with Crippen molar-refractivity contribution in [3.05, 3.63) is 0 Å². The zero-order valence-corrected chi connectivity index (χ0v) is 9.16. The van der Waals surface area contributed by atoms with Gasteiger partial charge in [-0.05, 0) is 46.1 Å². The van der Waals surface area contributed by atoms with Gasteiger partial charge in [0.2, 0.25) is 0 Å². The molecule has 0 saturated carbocycles. The van der Waals surface area contributed by atoms with Crippen LogP contribution in [0.4, 0.5) is 0 Å². The van der Waals surface area contributed by atoms with Gasteiger partial charge in [0.25, 0.3) is 0 Å². The molecule has 2 heteroatoms. The van der Waals surface area contributed by atoms with Gasteiger partial charge in [0, 0.05) is 12.1 Å². The fraction of sp³-hybridized carbons (Fsp3) is 1.00. The summed E-state index contributed by atoms with van der Waals surface area (Å²) >= 11 is 0. The van der Waals surface area contributed by atoms with Gasteiger partial charge in [0.1, 0.15) is 0 Å². The summed E-state index contributed by atoms with van der Waals surface area (Å²) in [7, 11) is 0. The maximum atomic E-state index is 9.36. The molecule has 0 aromatic carbocycles. The molecular formula is C11H23NO. The largest absolute Gasteiger partial charge is 0.393 e. The molecule has 0 spiro atoms. The summed E-state index contributed by atoms with van der Waals surface area (Å²) in [5, 5.41) is 9.36. The second kappa shape index (κ2) is 4.97. The molecule has 0 amide bonds. The van der Waals surface area contributed by atoms with Gasteiger partial charge in [-0.2, -0.15) is 0 Å². The standard InChI is InChI=1S/C11H23NO/c1-4-9(2)12-7-5-6-11(12)8-10(3)13/h9-11,13H,4-8H2,1-3H3. The molecule has 1 rings (SSSR count). The zero-order chi connectivity index (χ0) is 9.84. The molecule has 78 valence electrons. The van der Waals surface area contributed by atoms with Gasteiger partial charge in [-0.25, -0.2) is 0 Å². The normalized spacial score (nSPS) is 29.1. The van der Waals surface area contributed by atoms with Crippen LogP contribution in [0, 0.1) is 0 Å². The van der Waals surface area contributed by atoms with E-state index in [1.165, 1.54) is 25.8 Å². The van der Waals surface area contributed by atoms with Gasteiger partial charge in [-0.1, -0.05) is 6.92 Å². The summed E-state index contributed by atoms with van der Waals surface area (Å²) in [5.74, 6) is 0. The van der Waals surface area contributed by atoms with Crippen molar-refractivity contribution < 1.29 is 5.11 Å². The van der Waals surface area contributed by atoms with E-state index in [4.69, 9.17) is 0 Å². The van der Waals surface area contributed by atoms with E-state index < -0.39 is 0 Å². The third kappa shape index (κ3) is 2.96. The van der Waals surface area contributed by atoms with Crippen molar-refractivity contribution in [3.63, 3.8) is 0 Å². The maximum Gasteiger partial charge on any atom is 0.0527 e. The maximum absolute atomic E-state index is 9.36. The highest BCUT2D eigenvalue weighted by atomic mass is 16.3. The fourth-order valence-corrected chi connectivity index (χ4v) is 2.32. The molecule has 3 unspecified atom stereocenters. The Kier molecular flexibility index (Phi) is 4.20. The monoisotopic (exact) mass is 185 g/mol. The Morgan fingerprint density at radius 3 is 2.69 bits per heavy atom. The van der Waals surface area contributed by atoms with E-state index in [1.807, 2.05) is 6.92 Å². The molecule has 0 aromatic heterocycles. The third-order valence-corrected chi connectivity index (χ3v) is 3.19. The lowest BCUT2D eigenvalue weighted by atomic mass is 10.1. The second-order valence-corrected chi connectivity index (χ2v) is 4.38. The minimum absolute atomic E-state index is 0.144. The minimum Gasteiger partial charge on any atom is -0.393 e. The van der Waals surface area contributed by atoms with E-state index in [9.17, 15) is 5.11 Å². The summed E-state index contributed by atoms with van der Waals surface area (Å²) in [6, 6.07) is 1.32. The van der Waals surface area contributed by atoms with E-state index in [2.05, 4.69) is 18.7 Å². The highest BCUT2D eigenvalue weighted by molar-refractivity contribution is 4.83. The lowest BCUT2D eigenvalue weighted by Crippen LogP contribution is -2.38. The number of likely N-dealkylation sites (tertiary alicyclic amines) is 1. The molecule has 1 aliphatic heterocycles. The highest BCUT2D eigenvalue weighted by Gasteiger charge is 2.28. The molecule has 3 atom stereocenters. The van der Waals surface area contributed by atoms with Crippen LogP contribution in [0.2, 0.25) is 0 Å². The quantitative estimate of drug-likeness (QED) is 0.724. The first kappa shape index (κ1) is 11.0. The summed E-state index contributed by atoms with van der Waals surface area (Å²) < 4.78 is 0. The molecule has 1 heterocycles. The van der Waals surface area contributed by atoms with Crippen LogP contribution in [0.1, 0.15) is 46.5 Å². The number of aliphatic hydroxyl groups is 1. The average Bonchev–Trinajstić information content (AvgIpc) is 2.50. The average molecular weight is 185 g/mol. The second-order valence-electron chi connectivity index (χ2n) is 4.38. The van der Waals surface area contributed by atoms with Gasteiger partial charge in [-0.3, -0.25) is 4.90 Å². The molecule has 0 radical (unpaired) electrons. The Morgan fingerprint density at radius 2 is 2.15 bits per heavy atom. The predicted molar refractivity (Wildman–Crippen MR) is 55.8 cm³/mol. The molecule has 1 N–H and O–H groups in total. The minimum atomic E-state index is -0.144. The predicted octanol–water partition coefficient (Wildman–Crippen LogP) is 2.02. The number of hydrogen-bond donors (Lipinski definition) is 1. The number of nitrogens with zero attached hydrogens (tertiary/aromatic N) is 1. The summed E-state index contributed by atoms with van der Waals surface area (Å²) in [6.45, 7) is 7.66. The van der Waals surface area contributed by atoms with E-state index in [1.54, 1.807) is 0 Å². The Labute approximate surface area is 81.9 Å². The van der Waals surface area contributed by atoms with Gasteiger partial charge >= 0.3 is 0 Å². The molecular weight excluding hydrogens is 162 g/mol. The molecule has 1 saturated heterocycles. The molecule has 0 bridgehead atoms. The van der Waals surface area contributed by atoms with Crippen LogP contribution < -0.4 is 0 Å². The van der Waals surface area contributed by atoms with Crippen LogP contribution in [0.25, 0.3) is 0 Å². The van der Waals surface area contributed by atoms with Crippen LogP contribution in [-0.4, -0.2) is 34.7 Å². The summed E-state index contributed by atoms with van der Waals surface area (Å²) in [4.78, 5) is 2.56. The first-order valence-electron chi connectivity index (χ1n) is 5.59. The lowest BCUT2D eigenvalue weighted by Gasteiger charge is -2.30. The van der Waals surface area contributed by atoms with Crippen molar-refractivity contribution in [3.8, 4) is 0 Å². The van der Waals surface area contributed by atoms with Crippen LogP contribution >= 0.6 is 0 Å². The van der Waals surface area contributed by atoms with Crippen molar-refractivity contribution in [1.29, 1.82) is 0 Å². The van der Waals surface area contributed by atoms with Gasteiger partial charge in [0.15, 0.2) is 0 Å². The van der Waals surface area contributed by atoms with E-state index in [-0.39, 0.29) is 6.10 Å². The molecule has 2 nitrogen and oxygen atoms in total. The number of rotatable bonds is 4. The van der Waals surface area contributed by atoms with Crippen LogP contribution in [-0.2, 0) is 0 Å². The molecule has 0 aliphatic carbocycles. The van der Waals surface area contributed by atoms with Crippen molar-refractivity contribution in [2.24, 2.45) is 0 Å². The van der Waals surface area contributed by atoms with Crippen molar-refractivity contribution in [2.75, 3.05) is 6.54 Å². The lowest BCUT2D eigenvalue weighted by molar-refractivity contribution is 0.113. The van der Waals surface area contributed by atoms with Gasteiger partial charge < -0.3 is 5.11 Å². The van der Waals surface area contributed by atoms with E-state index >= 15 is 0 Å². The Balaban J connectivity index is 2.43. The topological polar surface area (TPSA) is 23.5 Å². The van der Waals surface area contributed by atoms with E-state index in [0.717, 1.165) is 6.42 Å². The smallest absolute Gasteiger partial charge is 0.0527 e. The van der Waals surface area contributed by atoms with Crippen LogP contribution in [0.5, 0.6) is 0 Å². The Hall–Kier alpha value is -0.0800. The van der Waals surface area contributed by atoms with Crippen LogP contribution in [0.15, 0.2) is 0 Å². The third-order valence-electron chi connectivity index (χ3n) is 3.19. The van der Waals surface area contributed by atoms with Gasteiger partial charge in [0.05, 0.1) is 6.10 Å². The van der Waals surface area contributed by atoms with Crippen molar-refractivity contribution >= 4 is 0 Å². The first-order chi connectivity index (χ1) is 6.15. The highest BCUT2D eigenvalue weighted by Crippen LogP contribution is 2.24. The van der Waals surface area contributed by atoms with Crippen molar-refractivity contribution in [1.82, 2.24) is 4.90 Å². The number of aliphatic hydroxyl groups excluding tert-OH is 1. The molecule has 13 heavy (non-hydrogen) atoms.